The predicted molar refractivity (Wildman–Crippen MR) is 68.1 cm³/mol. The number of thioether (sulfide) groups is 1. The van der Waals surface area contributed by atoms with Crippen LogP contribution < -0.4 is 5.32 Å². The minimum Gasteiger partial charge on any atom is -0.325 e. The Bertz CT molecular complexity index is 357. The molecule has 0 aliphatic heterocycles. The van der Waals surface area contributed by atoms with Crippen molar-refractivity contribution in [2.75, 3.05) is 16.8 Å². The standard InChI is InChI=1S/C10H11Cl2NOS/c1-2-15-6-10(14)13-7-3-4-8(11)9(12)5-7/h3-5H,2,6H2,1H3,(H,13,14). The van der Waals surface area contributed by atoms with Crippen LogP contribution in [0, 0.1) is 0 Å². The van der Waals surface area contributed by atoms with Crippen molar-refractivity contribution in [3.8, 4) is 0 Å². The second-order valence-corrected chi connectivity index (χ2v) is 4.90. The average molecular weight is 264 g/mol. The molecule has 1 N–H and O–H groups in total. The molecule has 0 aliphatic carbocycles. The molecule has 0 atom stereocenters. The van der Waals surface area contributed by atoms with Crippen molar-refractivity contribution in [1.82, 2.24) is 0 Å². The van der Waals surface area contributed by atoms with Crippen LogP contribution in [0.1, 0.15) is 6.92 Å². The summed E-state index contributed by atoms with van der Waals surface area (Å²) in [4.78, 5) is 11.4. The number of amides is 1. The van der Waals surface area contributed by atoms with Gasteiger partial charge in [-0.3, -0.25) is 4.79 Å². The highest BCUT2D eigenvalue weighted by atomic mass is 35.5. The normalized spacial score (nSPS) is 10.1. The van der Waals surface area contributed by atoms with E-state index in [9.17, 15) is 4.79 Å². The number of benzene rings is 1. The maximum atomic E-state index is 11.4. The molecule has 1 aromatic rings. The maximum absolute atomic E-state index is 11.4. The van der Waals surface area contributed by atoms with E-state index in [1.165, 1.54) is 0 Å². The van der Waals surface area contributed by atoms with Crippen molar-refractivity contribution < 1.29 is 4.79 Å². The van der Waals surface area contributed by atoms with Crippen LogP contribution in [0.2, 0.25) is 10.0 Å². The summed E-state index contributed by atoms with van der Waals surface area (Å²) < 4.78 is 0. The smallest absolute Gasteiger partial charge is 0.234 e. The van der Waals surface area contributed by atoms with Crippen LogP contribution in [0.4, 0.5) is 5.69 Å². The van der Waals surface area contributed by atoms with Gasteiger partial charge in [0.15, 0.2) is 0 Å². The monoisotopic (exact) mass is 263 g/mol. The summed E-state index contributed by atoms with van der Waals surface area (Å²) in [5.74, 6) is 1.35. The molecule has 15 heavy (non-hydrogen) atoms. The molecular weight excluding hydrogens is 253 g/mol. The van der Waals surface area contributed by atoms with E-state index < -0.39 is 0 Å². The lowest BCUT2D eigenvalue weighted by molar-refractivity contribution is -0.113. The van der Waals surface area contributed by atoms with Gasteiger partial charge in [0.2, 0.25) is 5.91 Å². The Morgan fingerprint density at radius 3 is 2.73 bits per heavy atom. The summed E-state index contributed by atoms with van der Waals surface area (Å²) in [6.07, 6.45) is 0. The molecule has 0 radical (unpaired) electrons. The number of hydrogen-bond donors (Lipinski definition) is 1. The zero-order valence-corrected chi connectivity index (χ0v) is 10.5. The van der Waals surface area contributed by atoms with E-state index in [4.69, 9.17) is 23.2 Å². The first-order valence-electron chi connectivity index (χ1n) is 4.46. The van der Waals surface area contributed by atoms with Gasteiger partial charge < -0.3 is 5.32 Å². The van der Waals surface area contributed by atoms with Gasteiger partial charge in [0.05, 0.1) is 15.8 Å². The molecule has 0 bridgehead atoms. The summed E-state index contributed by atoms with van der Waals surface area (Å²) in [6.45, 7) is 2.01. The van der Waals surface area contributed by atoms with Crippen molar-refractivity contribution in [2.24, 2.45) is 0 Å². The van der Waals surface area contributed by atoms with Crippen LogP contribution in [-0.4, -0.2) is 17.4 Å². The van der Waals surface area contributed by atoms with Crippen LogP contribution in [0.15, 0.2) is 18.2 Å². The maximum Gasteiger partial charge on any atom is 0.234 e. The van der Waals surface area contributed by atoms with Crippen molar-refractivity contribution in [2.45, 2.75) is 6.92 Å². The molecular formula is C10H11Cl2NOS. The molecule has 1 rings (SSSR count). The second kappa shape index (κ2) is 6.26. The molecule has 2 nitrogen and oxygen atoms in total. The zero-order chi connectivity index (χ0) is 11.3. The number of carbonyl (C=O) groups excluding carboxylic acids is 1. The lowest BCUT2D eigenvalue weighted by Gasteiger charge is -2.05. The van der Waals surface area contributed by atoms with Crippen LogP contribution >= 0.6 is 35.0 Å². The molecule has 0 unspecified atom stereocenters. The molecule has 1 amide bonds. The fourth-order valence-electron chi connectivity index (χ4n) is 0.966. The third-order valence-corrected chi connectivity index (χ3v) is 3.25. The summed E-state index contributed by atoms with van der Waals surface area (Å²) in [6, 6.07) is 5.02. The van der Waals surface area contributed by atoms with Gasteiger partial charge >= 0.3 is 0 Å². The summed E-state index contributed by atoms with van der Waals surface area (Å²) in [7, 11) is 0. The first-order valence-corrected chi connectivity index (χ1v) is 6.37. The summed E-state index contributed by atoms with van der Waals surface area (Å²) in [5.41, 5.74) is 0.672. The van der Waals surface area contributed by atoms with Gasteiger partial charge in [-0.2, -0.15) is 11.8 Å². The van der Waals surface area contributed by atoms with Gasteiger partial charge in [-0.1, -0.05) is 30.1 Å². The third-order valence-electron chi connectivity index (χ3n) is 1.64. The van der Waals surface area contributed by atoms with Gasteiger partial charge in [-0.15, -0.1) is 0 Å². The molecule has 0 saturated heterocycles. The van der Waals surface area contributed by atoms with Crippen molar-refractivity contribution in [3.63, 3.8) is 0 Å². The minimum atomic E-state index is -0.0276. The number of nitrogens with one attached hydrogen (secondary N) is 1. The Balaban J connectivity index is 2.57. The van der Waals surface area contributed by atoms with E-state index in [2.05, 4.69) is 5.32 Å². The highest BCUT2D eigenvalue weighted by Gasteiger charge is 2.03. The SMILES string of the molecule is CCSCC(=O)Nc1ccc(Cl)c(Cl)c1. The number of hydrogen-bond acceptors (Lipinski definition) is 2. The summed E-state index contributed by atoms with van der Waals surface area (Å²) in [5, 5.41) is 3.67. The first kappa shape index (κ1) is 12.7. The van der Waals surface area contributed by atoms with Crippen LogP contribution in [0.3, 0.4) is 0 Å². The van der Waals surface area contributed by atoms with Gasteiger partial charge in [0.1, 0.15) is 0 Å². The lowest BCUT2D eigenvalue weighted by Crippen LogP contribution is -2.14. The fourth-order valence-corrected chi connectivity index (χ4v) is 1.73. The highest BCUT2D eigenvalue weighted by molar-refractivity contribution is 7.99. The van der Waals surface area contributed by atoms with Crippen molar-refractivity contribution >= 4 is 46.6 Å². The van der Waals surface area contributed by atoms with Crippen LogP contribution in [0.5, 0.6) is 0 Å². The highest BCUT2D eigenvalue weighted by Crippen LogP contribution is 2.24. The minimum absolute atomic E-state index is 0.0276. The van der Waals surface area contributed by atoms with Gasteiger partial charge in [-0.25, -0.2) is 0 Å². The largest absolute Gasteiger partial charge is 0.325 e. The van der Waals surface area contributed by atoms with E-state index in [-0.39, 0.29) is 5.91 Å². The molecule has 1 aromatic carbocycles. The quantitative estimate of drug-likeness (QED) is 0.898. The van der Waals surface area contributed by atoms with Crippen molar-refractivity contribution in [3.05, 3.63) is 28.2 Å². The van der Waals surface area contributed by atoms with Gasteiger partial charge in [0, 0.05) is 5.69 Å². The molecule has 0 aliphatic rings. The molecule has 0 fully saturated rings. The topological polar surface area (TPSA) is 29.1 Å². The fraction of sp³-hybridized carbons (Fsp3) is 0.300. The van der Waals surface area contributed by atoms with E-state index >= 15 is 0 Å². The van der Waals surface area contributed by atoms with E-state index in [1.807, 2.05) is 6.92 Å². The Kier molecular flexibility index (Phi) is 5.29. The molecule has 0 spiro atoms. The Morgan fingerprint density at radius 2 is 2.13 bits per heavy atom. The van der Waals surface area contributed by atoms with Crippen molar-refractivity contribution in [1.29, 1.82) is 0 Å². The molecule has 0 saturated carbocycles. The average Bonchev–Trinajstić information content (AvgIpc) is 2.20. The second-order valence-electron chi connectivity index (χ2n) is 2.81. The first-order chi connectivity index (χ1) is 7.13. The molecule has 0 heterocycles. The summed E-state index contributed by atoms with van der Waals surface area (Å²) >= 11 is 13.1. The third kappa shape index (κ3) is 4.33. The number of anilines is 1. The number of halogens is 2. The molecule has 0 aromatic heterocycles. The molecule has 82 valence electrons. The van der Waals surface area contributed by atoms with E-state index in [0.717, 1.165) is 5.75 Å². The Labute approximate surface area is 103 Å². The Morgan fingerprint density at radius 1 is 1.40 bits per heavy atom. The van der Waals surface area contributed by atoms with Crippen LogP contribution in [-0.2, 0) is 4.79 Å². The Hall–Kier alpha value is -0.380. The van der Waals surface area contributed by atoms with Gasteiger partial charge in [-0.05, 0) is 24.0 Å². The van der Waals surface area contributed by atoms with E-state index in [0.29, 0.717) is 21.5 Å². The van der Waals surface area contributed by atoms with Crippen LogP contribution in [0.25, 0.3) is 0 Å². The molecule has 5 heteroatoms. The predicted octanol–water partition coefficient (Wildman–Crippen LogP) is 3.69. The van der Waals surface area contributed by atoms with Gasteiger partial charge in [0.25, 0.3) is 0 Å². The number of carbonyl (C=O) groups is 1. The van der Waals surface area contributed by atoms with E-state index in [1.54, 1.807) is 30.0 Å². The number of rotatable bonds is 4. The zero-order valence-electron chi connectivity index (χ0n) is 8.22. The lowest BCUT2D eigenvalue weighted by atomic mass is 10.3.